The molecule has 0 atom stereocenters. The van der Waals surface area contributed by atoms with E-state index in [1.165, 1.54) is 0 Å². The average Bonchev–Trinajstić information content (AvgIpc) is 2.87. The zero-order valence-electron chi connectivity index (χ0n) is 20.0. The molecule has 180 valence electrons. The van der Waals surface area contributed by atoms with Crippen molar-refractivity contribution in [3.8, 4) is 22.5 Å². The van der Waals surface area contributed by atoms with Gasteiger partial charge in [0.15, 0.2) is 0 Å². The summed E-state index contributed by atoms with van der Waals surface area (Å²) in [5, 5.41) is 0.737. The maximum absolute atomic E-state index is 6.02. The van der Waals surface area contributed by atoms with Crippen LogP contribution in [0.1, 0.15) is 0 Å². The molecule has 4 nitrogen and oxygen atoms in total. The van der Waals surface area contributed by atoms with E-state index in [-0.39, 0.29) is 66.7 Å². The number of morpholine rings is 1. The van der Waals surface area contributed by atoms with Gasteiger partial charge >= 0.3 is 41.9 Å². The van der Waals surface area contributed by atoms with Crippen LogP contribution in [0.4, 0.5) is 0 Å². The van der Waals surface area contributed by atoms with E-state index in [1.54, 1.807) is 16.8 Å². The molecular weight excluding hydrogens is 543 g/mol. The number of pyridine rings is 2. The molecule has 1 aliphatic rings. The Labute approximate surface area is 264 Å². The zero-order chi connectivity index (χ0) is 22.4. The predicted molar refractivity (Wildman–Crippen MR) is 137 cm³/mol. The van der Waals surface area contributed by atoms with Crippen molar-refractivity contribution in [1.29, 1.82) is 0 Å². The number of rotatable bonds is 2. The third-order valence-electron chi connectivity index (χ3n) is 4.42. The van der Waals surface area contributed by atoms with E-state index in [2.05, 4.69) is 16.0 Å². The second-order valence-corrected chi connectivity index (χ2v) is 7.59. The van der Waals surface area contributed by atoms with Crippen LogP contribution in [0.5, 0.6) is 0 Å². The Morgan fingerprint density at radius 2 is 1.31 bits per heavy atom. The molecular formula is C26H24Cl4LiMgN3O. The number of aromatic nitrogens is 2. The molecule has 5 rings (SSSR count). The van der Waals surface area contributed by atoms with Gasteiger partial charge in [-0.3, -0.25) is 4.98 Å². The summed E-state index contributed by atoms with van der Waals surface area (Å²) in [6, 6.07) is 30.3. The third kappa shape index (κ3) is 13.6. The van der Waals surface area contributed by atoms with Gasteiger partial charge < -0.3 is 34.5 Å². The van der Waals surface area contributed by atoms with E-state index in [0.717, 1.165) is 53.8 Å². The van der Waals surface area contributed by atoms with Crippen molar-refractivity contribution in [2.45, 2.75) is 0 Å². The summed E-state index contributed by atoms with van der Waals surface area (Å²) in [5.41, 5.74) is 3.90. The molecule has 0 N–H and O–H groups in total. The molecule has 0 aliphatic carbocycles. The number of hydrogen-bond acceptors (Lipinski definition) is 4. The molecule has 0 bridgehead atoms. The molecule has 3 heterocycles. The van der Waals surface area contributed by atoms with Gasteiger partial charge in [-0.2, -0.15) is 0 Å². The zero-order valence-corrected chi connectivity index (χ0v) is 24.5. The summed E-state index contributed by atoms with van der Waals surface area (Å²) < 4.78 is 6.75. The molecule has 1 fully saturated rings. The number of ether oxygens (including phenoxy) is 1. The topological polar surface area (TPSA) is 38.2 Å². The summed E-state index contributed by atoms with van der Waals surface area (Å²) in [4.78, 5) is 8.44. The van der Waals surface area contributed by atoms with Gasteiger partial charge in [0.05, 0.1) is 18.9 Å². The van der Waals surface area contributed by atoms with E-state index >= 15 is 0 Å². The van der Waals surface area contributed by atoms with Gasteiger partial charge in [-0.25, -0.2) is 4.42 Å². The monoisotopic (exact) mass is 565 g/mol. The van der Waals surface area contributed by atoms with Gasteiger partial charge in [0.25, 0.3) is 0 Å². The maximum Gasteiger partial charge on any atom is 2.00 e. The molecule has 2 aromatic heterocycles. The van der Waals surface area contributed by atoms with Gasteiger partial charge in [0, 0.05) is 36.1 Å². The van der Waals surface area contributed by atoms with Crippen LogP contribution < -0.4 is 43.7 Å². The predicted octanol–water partition coefficient (Wildman–Crippen LogP) is -2.95. The van der Waals surface area contributed by atoms with Gasteiger partial charge in [-0.1, -0.05) is 48.0 Å². The van der Waals surface area contributed by atoms with E-state index in [1.807, 2.05) is 84.9 Å². The van der Waals surface area contributed by atoms with Gasteiger partial charge in [-0.05, 0) is 41.7 Å². The Kier molecular flexibility index (Phi) is 23.0. The summed E-state index contributed by atoms with van der Waals surface area (Å²) in [6.45, 7) is 3.29. The van der Waals surface area contributed by atoms with E-state index in [4.69, 9.17) is 28.1 Å². The summed E-state index contributed by atoms with van der Waals surface area (Å²) >= 11 is 11.6. The van der Waals surface area contributed by atoms with Crippen LogP contribution in [0.2, 0.25) is 5.02 Å². The molecule has 36 heavy (non-hydrogen) atoms. The molecule has 4 aromatic rings. The van der Waals surface area contributed by atoms with Crippen LogP contribution in [0, 0.1) is 6.07 Å². The quantitative estimate of drug-likeness (QED) is 0.148. The van der Waals surface area contributed by atoms with Crippen LogP contribution >= 0.6 is 23.4 Å². The fourth-order valence-electron chi connectivity index (χ4n) is 2.81. The van der Waals surface area contributed by atoms with Crippen molar-refractivity contribution < 1.29 is 48.4 Å². The Morgan fingerprint density at radius 1 is 0.750 bits per heavy atom. The van der Waals surface area contributed by atoms with Crippen LogP contribution in [0.3, 0.4) is 0 Å². The molecule has 0 amide bonds. The standard InChI is InChI=1S/C11H8ClN.C11H8N.C4H8ClNO.2ClH.Li.Mg/c12-10-6-2-1-5-9(10)11-7-3-4-8-13-11;1-2-6-10(7-3-1)11-8-4-5-9-12-11;5-6-1-3-7-4-2-6;;;;/h1-8H;1-6,8-9H;1-4H2;2*1H;;/q;-1;;;;+1;+2/p-2. The Balaban J connectivity index is 0. The first kappa shape index (κ1) is 37.3. The number of halogens is 4. The van der Waals surface area contributed by atoms with Gasteiger partial charge in [0.1, 0.15) is 0 Å². The molecule has 2 aromatic carbocycles. The first-order valence-corrected chi connectivity index (χ1v) is 11.0. The fraction of sp³-hybridized carbons (Fsp3) is 0.154. The van der Waals surface area contributed by atoms with Crippen molar-refractivity contribution in [3.05, 3.63) is 108 Å². The Morgan fingerprint density at radius 3 is 1.78 bits per heavy atom. The van der Waals surface area contributed by atoms with Crippen molar-refractivity contribution in [3.63, 3.8) is 0 Å². The Hall–Kier alpha value is -0.816. The summed E-state index contributed by atoms with van der Waals surface area (Å²) in [7, 11) is 0. The molecule has 10 heteroatoms. The Bertz CT molecular complexity index is 1010. The van der Waals surface area contributed by atoms with Crippen LogP contribution in [-0.4, -0.2) is 63.7 Å². The molecule has 1 saturated heterocycles. The van der Waals surface area contributed by atoms with Crippen molar-refractivity contribution in [2.24, 2.45) is 0 Å². The van der Waals surface area contributed by atoms with Crippen molar-refractivity contribution >= 4 is 46.4 Å². The third-order valence-corrected chi connectivity index (χ3v) is 5.09. The van der Waals surface area contributed by atoms with E-state index in [0.29, 0.717) is 0 Å². The minimum absolute atomic E-state index is 0. The number of benzene rings is 2. The largest absolute Gasteiger partial charge is 2.00 e. The molecule has 1 aliphatic heterocycles. The molecule has 0 saturated carbocycles. The van der Waals surface area contributed by atoms with Crippen molar-refractivity contribution in [1.82, 2.24) is 14.4 Å². The van der Waals surface area contributed by atoms with Crippen LogP contribution in [-0.2, 0) is 4.74 Å². The van der Waals surface area contributed by atoms with Crippen LogP contribution in [0.25, 0.3) is 22.5 Å². The summed E-state index contributed by atoms with van der Waals surface area (Å²) in [5.74, 6) is 0. The summed E-state index contributed by atoms with van der Waals surface area (Å²) in [6.07, 6.45) is 3.55. The van der Waals surface area contributed by atoms with E-state index < -0.39 is 0 Å². The first-order chi connectivity index (χ1) is 15.7. The van der Waals surface area contributed by atoms with Gasteiger partial charge in [-0.15, -0.1) is 35.9 Å². The average molecular weight is 568 g/mol. The normalized spacial score (nSPS) is 11.7. The van der Waals surface area contributed by atoms with Gasteiger partial charge in [0.2, 0.25) is 0 Å². The first-order valence-electron chi connectivity index (χ1n) is 10.3. The second kappa shape index (κ2) is 22.2. The van der Waals surface area contributed by atoms with E-state index in [9.17, 15) is 0 Å². The minimum atomic E-state index is 0. The molecule has 0 radical (unpaired) electrons. The maximum atomic E-state index is 6.02. The number of hydrogen-bond donors (Lipinski definition) is 0. The number of nitrogens with zero attached hydrogens (tertiary/aromatic N) is 3. The smallest absolute Gasteiger partial charge is 1.00 e. The SMILES string of the molecule is ClN1CCOCC1.Clc1ccccc1-c1ccccn1.[Cl-].[Cl-].[Li+].[Mg+2].[c-]1ccccc1-c1ccccn1. The minimum Gasteiger partial charge on any atom is -1.00 e. The second-order valence-electron chi connectivity index (χ2n) is 6.71. The molecule has 0 spiro atoms. The fourth-order valence-corrected chi connectivity index (χ4v) is 3.18. The van der Waals surface area contributed by atoms with Crippen LogP contribution in [0.15, 0.2) is 97.3 Å². The molecule has 0 unspecified atom stereocenters. The van der Waals surface area contributed by atoms with Crippen molar-refractivity contribution in [2.75, 3.05) is 26.3 Å².